The summed E-state index contributed by atoms with van der Waals surface area (Å²) in [6, 6.07) is 13.6. The van der Waals surface area contributed by atoms with Crippen molar-refractivity contribution in [3.8, 4) is 11.5 Å². The summed E-state index contributed by atoms with van der Waals surface area (Å²) in [7, 11) is 4.97. The molecule has 0 aliphatic heterocycles. The number of rotatable bonds is 9. The van der Waals surface area contributed by atoms with Gasteiger partial charge in [-0.05, 0) is 41.3 Å². The summed E-state index contributed by atoms with van der Waals surface area (Å²) in [6.07, 6.45) is 0.509. The Bertz CT molecular complexity index is 865. The van der Waals surface area contributed by atoms with Gasteiger partial charge in [-0.2, -0.15) is 0 Å². The molecule has 7 heteroatoms. The van der Waals surface area contributed by atoms with E-state index in [1.165, 1.54) is 0 Å². The maximum absolute atomic E-state index is 12.0. The first kappa shape index (κ1) is 23.1. The van der Waals surface area contributed by atoms with E-state index in [2.05, 4.69) is 20.9 Å². The van der Waals surface area contributed by atoms with E-state index in [-0.39, 0.29) is 5.91 Å². The summed E-state index contributed by atoms with van der Waals surface area (Å²) in [5.74, 6) is 2.43. The van der Waals surface area contributed by atoms with Crippen molar-refractivity contribution in [3.05, 3.63) is 53.6 Å². The average molecular weight is 413 g/mol. The second-order valence-corrected chi connectivity index (χ2v) is 7.32. The van der Waals surface area contributed by atoms with Crippen molar-refractivity contribution in [3.63, 3.8) is 0 Å². The lowest BCUT2D eigenvalue weighted by Gasteiger charge is -2.14. The quantitative estimate of drug-likeness (QED) is 0.433. The largest absolute Gasteiger partial charge is 0.493 e. The lowest BCUT2D eigenvalue weighted by molar-refractivity contribution is -0.116. The highest BCUT2D eigenvalue weighted by molar-refractivity contribution is 5.90. The van der Waals surface area contributed by atoms with Crippen molar-refractivity contribution in [2.24, 2.45) is 10.9 Å². The molecule has 7 nitrogen and oxygen atoms in total. The molecule has 1 amide bonds. The zero-order chi connectivity index (χ0) is 21.9. The van der Waals surface area contributed by atoms with Gasteiger partial charge in [-0.25, -0.2) is 0 Å². The minimum Gasteiger partial charge on any atom is -0.493 e. The van der Waals surface area contributed by atoms with Gasteiger partial charge in [-0.1, -0.05) is 32.0 Å². The fourth-order valence-corrected chi connectivity index (χ4v) is 2.92. The van der Waals surface area contributed by atoms with Gasteiger partial charge < -0.3 is 25.4 Å². The molecular formula is C23H32N4O3. The van der Waals surface area contributed by atoms with E-state index in [0.29, 0.717) is 42.9 Å². The van der Waals surface area contributed by atoms with Crippen molar-refractivity contribution in [1.82, 2.24) is 10.6 Å². The fourth-order valence-electron chi connectivity index (χ4n) is 2.92. The molecule has 2 aromatic rings. The molecule has 0 unspecified atom stereocenters. The number of benzene rings is 2. The van der Waals surface area contributed by atoms with Crippen molar-refractivity contribution < 1.29 is 14.3 Å². The molecule has 0 fully saturated rings. The predicted octanol–water partition coefficient (Wildman–Crippen LogP) is 3.55. The number of nitrogens with one attached hydrogen (secondary N) is 3. The smallest absolute Gasteiger partial charge is 0.224 e. The van der Waals surface area contributed by atoms with E-state index in [0.717, 1.165) is 16.8 Å². The number of guanidine groups is 1. The Labute approximate surface area is 178 Å². The number of methoxy groups -OCH3 is 2. The van der Waals surface area contributed by atoms with E-state index in [9.17, 15) is 4.79 Å². The topological polar surface area (TPSA) is 84.0 Å². The van der Waals surface area contributed by atoms with Crippen LogP contribution in [0.5, 0.6) is 11.5 Å². The van der Waals surface area contributed by atoms with Gasteiger partial charge in [-0.3, -0.25) is 9.79 Å². The first-order chi connectivity index (χ1) is 14.4. The van der Waals surface area contributed by atoms with Crippen LogP contribution in [0.4, 0.5) is 5.69 Å². The Morgan fingerprint density at radius 3 is 2.23 bits per heavy atom. The Hall–Kier alpha value is -3.22. The third-order valence-corrected chi connectivity index (χ3v) is 4.40. The lowest BCUT2D eigenvalue weighted by atomic mass is 10.1. The summed E-state index contributed by atoms with van der Waals surface area (Å²) >= 11 is 0. The number of hydrogen-bond acceptors (Lipinski definition) is 4. The van der Waals surface area contributed by atoms with Gasteiger partial charge in [0.1, 0.15) is 0 Å². The van der Waals surface area contributed by atoms with Gasteiger partial charge in [0.15, 0.2) is 17.5 Å². The molecule has 0 atom stereocenters. The maximum atomic E-state index is 12.0. The minimum atomic E-state index is 0.0301. The predicted molar refractivity (Wildman–Crippen MR) is 121 cm³/mol. The molecule has 0 aliphatic rings. The number of ether oxygens (including phenoxy) is 2. The average Bonchev–Trinajstić information content (AvgIpc) is 2.73. The minimum absolute atomic E-state index is 0.0301. The number of hydrogen-bond donors (Lipinski definition) is 3. The van der Waals surface area contributed by atoms with Crippen LogP contribution in [0.2, 0.25) is 0 Å². The molecule has 2 rings (SSSR count). The molecule has 0 bridgehead atoms. The Morgan fingerprint density at radius 1 is 0.967 bits per heavy atom. The van der Waals surface area contributed by atoms with Gasteiger partial charge >= 0.3 is 0 Å². The van der Waals surface area contributed by atoms with Crippen molar-refractivity contribution in [1.29, 1.82) is 0 Å². The fraction of sp³-hybridized carbons (Fsp3) is 0.391. The van der Waals surface area contributed by atoms with Crippen LogP contribution in [0.1, 0.15) is 31.4 Å². The number of aliphatic imine (C=N–C) groups is 1. The van der Waals surface area contributed by atoms with Crippen LogP contribution in [-0.2, 0) is 17.9 Å². The molecular weight excluding hydrogens is 380 g/mol. The molecule has 0 spiro atoms. The van der Waals surface area contributed by atoms with Crippen molar-refractivity contribution in [2.45, 2.75) is 33.4 Å². The summed E-state index contributed by atoms with van der Waals surface area (Å²) in [5.41, 5.74) is 2.89. The first-order valence-corrected chi connectivity index (χ1v) is 9.99. The summed E-state index contributed by atoms with van der Waals surface area (Å²) in [5, 5.41) is 9.52. The summed E-state index contributed by atoms with van der Waals surface area (Å²) in [6.45, 7) is 5.23. The third-order valence-electron chi connectivity index (χ3n) is 4.40. The molecule has 30 heavy (non-hydrogen) atoms. The highest BCUT2D eigenvalue weighted by atomic mass is 16.5. The molecule has 0 heterocycles. The van der Waals surface area contributed by atoms with Crippen LogP contribution >= 0.6 is 0 Å². The number of amides is 1. The van der Waals surface area contributed by atoms with Crippen molar-refractivity contribution in [2.75, 3.05) is 26.6 Å². The Balaban J connectivity index is 1.90. The molecule has 2 aromatic carbocycles. The van der Waals surface area contributed by atoms with Crippen LogP contribution in [0.15, 0.2) is 47.5 Å². The standard InChI is InChI=1S/C23H32N4O3/c1-16(2)11-22(28)27-19-8-6-7-17(12-19)14-25-23(24-3)26-15-18-9-10-20(29-4)21(13-18)30-5/h6-10,12-13,16H,11,14-15H2,1-5H3,(H,27,28)(H2,24,25,26). The molecule has 0 radical (unpaired) electrons. The van der Waals surface area contributed by atoms with Gasteiger partial charge in [0, 0.05) is 32.2 Å². The van der Waals surface area contributed by atoms with Gasteiger partial charge in [0.25, 0.3) is 0 Å². The van der Waals surface area contributed by atoms with Gasteiger partial charge in [0.05, 0.1) is 14.2 Å². The number of carbonyl (C=O) groups excluding carboxylic acids is 1. The molecule has 3 N–H and O–H groups in total. The van der Waals surface area contributed by atoms with Gasteiger partial charge in [0.2, 0.25) is 5.91 Å². The van der Waals surface area contributed by atoms with E-state index in [4.69, 9.17) is 9.47 Å². The highest BCUT2D eigenvalue weighted by Crippen LogP contribution is 2.27. The maximum Gasteiger partial charge on any atom is 0.224 e. The number of nitrogens with zero attached hydrogens (tertiary/aromatic N) is 1. The van der Waals surface area contributed by atoms with Crippen LogP contribution in [0.3, 0.4) is 0 Å². The van der Waals surface area contributed by atoms with Crippen LogP contribution in [-0.4, -0.2) is 33.1 Å². The molecule has 0 saturated heterocycles. The monoisotopic (exact) mass is 412 g/mol. The van der Waals surface area contributed by atoms with E-state index in [1.54, 1.807) is 21.3 Å². The molecule has 0 aromatic heterocycles. The Kier molecular flexibility index (Phi) is 9.00. The zero-order valence-electron chi connectivity index (χ0n) is 18.4. The summed E-state index contributed by atoms with van der Waals surface area (Å²) < 4.78 is 10.6. The zero-order valence-corrected chi connectivity index (χ0v) is 18.4. The van der Waals surface area contributed by atoms with Crippen LogP contribution in [0.25, 0.3) is 0 Å². The SMILES string of the molecule is CN=C(NCc1cccc(NC(=O)CC(C)C)c1)NCc1ccc(OC)c(OC)c1. The second kappa shape index (κ2) is 11.7. The van der Waals surface area contributed by atoms with E-state index < -0.39 is 0 Å². The third kappa shape index (κ3) is 7.31. The normalized spacial score (nSPS) is 11.2. The molecule has 0 saturated carbocycles. The number of anilines is 1. The number of carbonyl (C=O) groups is 1. The van der Waals surface area contributed by atoms with Crippen LogP contribution in [0, 0.1) is 5.92 Å². The molecule has 162 valence electrons. The first-order valence-electron chi connectivity index (χ1n) is 9.99. The molecule has 0 aliphatic carbocycles. The Morgan fingerprint density at radius 2 is 1.63 bits per heavy atom. The van der Waals surface area contributed by atoms with E-state index in [1.807, 2.05) is 56.3 Å². The van der Waals surface area contributed by atoms with Gasteiger partial charge in [-0.15, -0.1) is 0 Å². The second-order valence-electron chi connectivity index (χ2n) is 7.32. The lowest BCUT2D eigenvalue weighted by Crippen LogP contribution is -2.36. The highest BCUT2D eigenvalue weighted by Gasteiger charge is 2.07. The van der Waals surface area contributed by atoms with E-state index >= 15 is 0 Å². The van der Waals surface area contributed by atoms with Crippen LogP contribution < -0.4 is 25.4 Å². The van der Waals surface area contributed by atoms with Crippen molar-refractivity contribution >= 4 is 17.6 Å². The summed E-state index contributed by atoms with van der Waals surface area (Å²) in [4.78, 5) is 16.2.